The number of ketones is 2. The third kappa shape index (κ3) is 2.45. The molecule has 24 heavy (non-hydrogen) atoms. The van der Waals surface area contributed by atoms with Gasteiger partial charge in [-0.3, -0.25) is 9.59 Å². The maximum atomic E-state index is 13.7. The van der Waals surface area contributed by atoms with Crippen molar-refractivity contribution in [2.24, 2.45) is 0 Å². The van der Waals surface area contributed by atoms with E-state index in [9.17, 15) is 14.0 Å². The normalized spacial score (nSPS) is 23.8. The highest BCUT2D eigenvalue weighted by Crippen LogP contribution is 2.43. The summed E-state index contributed by atoms with van der Waals surface area (Å²) in [4.78, 5) is 25.2. The molecule has 0 amide bonds. The lowest BCUT2D eigenvalue weighted by molar-refractivity contribution is -0.116. The summed E-state index contributed by atoms with van der Waals surface area (Å²) in [7, 11) is 0. The van der Waals surface area contributed by atoms with Crippen molar-refractivity contribution in [2.45, 2.75) is 25.2 Å². The Morgan fingerprint density at radius 2 is 1.83 bits per heavy atom. The molecule has 6 heteroatoms. The fraction of sp³-hybridized carbons (Fsp3) is 0.333. The van der Waals surface area contributed by atoms with Crippen LogP contribution in [0.25, 0.3) is 0 Å². The first-order chi connectivity index (χ1) is 11.6. The fourth-order valence-corrected chi connectivity index (χ4v) is 4.18. The number of allylic oxidation sites excluding steroid dienone is 2. The first kappa shape index (κ1) is 15.7. The fourth-order valence-electron chi connectivity index (χ4n) is 3.79. The standard InChI is InChI=1S/C18H16BrFN2O2/c19-10-6-9(4-5-11(10)20)16-17-12(2-1-3-14(17)23)22-13-7-21-8-15(24)18(13)16/h4-6,16,21-22H,1-3,7-8H2/t16-/m1/s1. The molecule has 1 aliphatic carbocycles. The van der Waals surface area contributed by atoms with Gasteiger partial charge in [0.15, 0.2) is 11.6 Å². The van der Waals surface area contributed by atoms with E-state index in [1.54, 1.807) is 12.1 Å². The summed E-state index contributed by atoms with van der Waals surface area (Å²) in [5, 5.41) is 6.40. The zero-order valence-corrected chi connectivity index (χ0v) is 14.5. The van der Waals surface area contributed by atoms with Gasteiger partial charge in [0, 0.05) is 41.4 Å². The van der Waals surface area contributed by atoms with Gasteiger partial charge in [-0.25, -0.2) is 4.39 Å². The Bertz CT molecular complexity index is 786. The lowest BCUT2D eigenvalue weighted by Gasteiger charge is -2.37. The second kappa shape index (κ2) is 5.93. The highest BCUT2D eigenvalue weighted by molar-refractivity contribution is 9.10. The van der Waals surface area contributed by atoms with E-state index in [0.717, 1.165) is 29.8 Å². The van der Waals surface area contributed by atoms with Crippen LogP contribution in [0.3, 0.4) is 0 Å². The van der Waals surface area contributed by atoms with Crippen molar-refractivity contribution in [3.8, 4) is 0 Å². The third-order valence-electron chi connectivity index (χ3n) is 4.83. The van der Waals surface area contributed by atoms with E-state index in [1.165, 1.54) is 6.07 Å². The molecule has 2 heterocycles. The molecule has 0 fully saturated rings. The number of rotatable bonds is 1. The number of carbonyl (C=O) groups is 2. The molecule has 1 atom stereocenters. The van der Waals surface area contributed by atoms with Gasteiger partial charge in [0.1, 0.15) is 5.82 Å². The van der Waals surface area contributed by atoms with Gasteiger partial charge in [-0.05, 0) is 46.5 Å². The van der Waals surface area contributed by atoms with Crippen LogP contribution < -0.4 is 10.6 Å². The molecule has 4 nitrogen and oxygen atoms in total. The second-order valence-electron chi connectivity index (χ2n) is 6.32. The van der Waals surface area contributed by atoms with Gasteiger partial charge in [-0.15, -0.1) is 0 Å². The highest BCUT2D eigenvalue weighted by Gasteiger charge is 2.40. The van der Waals surface area contributed by atoms with Crippen molar-refractivity contribution in [1.82, 2.24) is 10.6 Å². The topological polar surface area (TPSA) is 58.2 Å². The molecule has 1 aromatic carbocycles. The number of dihydropyridines is 1. The summed E-state index contributed by atoms with van der Waals surface area (Å²) in [6.07, 6.45) is 2.10. The minimum absolute atomic E-state index is 0.0147. The van der Waals surface area contributed by atoms with Gasteiger partial charge in [0.25, 0.3) is 0 Å². The van der Waals surface area contributed by atoms with Crippen LogP contribution in [0.2, 0.25) is 0 Å². The van der Waals surface area contributed by atoms with Crippen LogP contribution in [0.4, 0.5) is 4.39 Å². The Hall–Kier alpha value is -1.79. The van der Waals surface area contributed by atoms with Crippen molar-refractivity contribution in [1.29, 1.82) is 0 Å². The minimum Gasteiger partial charge on any atom is -0.360 e. The van der Waals surface area contributed by atoms with Gasteiger partial charge >= 0.3 is 0 Å². The quantitative estimate of drug-likeness (QED) is 0.773. The SMILES string of the molecule is O=C1CCCC2=C1[C@@H](c1ccc(F)c(Br)c1)C1=C(CNCC1=O)N2. The van der Waals surface area contributed by atoms with E-state index in [4.69, 9.17) is 0 Å². The lowest BCUT2D eigenvalue weighted by atomic mass is 9.73. The number of benzene rings is 1. The van der Waals surface area contributed by atoms with E-state index < -0.39 is 5.92 Å². The number of Topliss-reactive ketones (excluding diaryl/α,β-unsaturated/α-hetero) is 2. The van der Waals surface area contributed by atoms with Gasteiger partial charge in [-0.2, -0.15) is 0 Å². The summed E-state index contributed by atoms with van der Waals surface area (Å²) in [5.74, 6) is -0.704. The summed E-state index contributed by atoms with van der Waals surface area (Å²) < 4.78 is 14.0. The van der Waals surface area contributed by atoms with Crippen LogP contribution in [-0.4, -0.2) is 24.7 Å². The second-order valence-corrected chi connectivity index (χ2v) is 7.17. The van der Waals surface area contributed by atoms with E-state index in [2.05, 4.69) is 26.6 Å². The Labute approximate surface area is 147 Å². The van der Waals surface area contributed by atoms with E-state index >= 15 is 0 Å². The molecule has 0 radical (unpaired) electrons. The summed E-state index contributed by atoms with van der Waals surface area (Å²) in [6, 6.07) is 4.72. The average molecular weight is 391 g/mol. The minimum atomic E-state index is -0.407. The number of hydrogen-bond donors (Lipinski definition) is 2. The smallest absolute Gasteiger partial charge is 0.175 e. The molecule has 0 unspecified atom stereocenters. The molecule has 0 spiro atoms. The van der Waals surface area contributed by atoms with Crippen molar-refractivity contribution in [2.75, 3.05) is 13.1 Å². The summed E-state index contributed by atoms with van der Waals surface area (Å²) >= 11 is 3.21. The van der Waals surface area contributed by atoms with Crippen molar-refractivity contribution < 1.29 is 14.0 Å². The van der Waals surface area contributed by atoms with Gasteiger partial charge < -0.3 is 10.6 Å². The summed E-state index contributed by atoms with van der Waals surface area (Å²) in [5.41, 5.74) is 3.84. The highest BCUT2D eigenvalue weighted by atomic mass is 79.9. The number of hydrogen-bond acceptors (Lipinski definition) is 4. The Balaban J connectivity index is 1.92. The van der Waals surface area contributed by atoms with Crippen LogP contribution in [-0.2, 0) is 9.59 Å². The number of halogens is 2. The van der Waals surface area contributed by atoms with E-state index in [-0.39, 0.29) is 23.9 Å². The van der Waals surface area contributed by atoms with Crippen LogP contribution in [0, 0.1) is 5.82 Å². The predicted octanol–water partition coefficient (Wildman–Crippen LogP) is 2.71. The molecule has 4 rings (SSSR count). The Morgan fingerprint density at radius 3 is 2.62 bits per heavy atom. The molecule has 0 saturated heterocycles. The van der Waals surface area contributed by atoms with Crippen molar-refractivity contribution in [3.63, 3.8) is 0 Å². The molecule has 0 saturated carbocycles. The number of carbonyl (C=O) groups excluding carboxylic acids is 2. The molecule has 2 aliphatic heterocycles. The Morgan fingerprint density at radius 1 is 1.04 bits per heavy atom. The molecule has 0 aromatic heterocycles. The maximum Gasteiger partial charge on any atom is 0.175 e. The van der Waals surface area contributed by atoms with Crippen LogP contribution in [0.15, 0.2) is 45.2 Å². The van der Waals surface area contributed by atoms with Crippen LogP contribution in [0.1, 0.15) is 30.7 Å². The van der Waals surface area contributed by atoms with Gasteiger partial charge in [0.2, 0.25) is 0 Å². The lowest BCUT2D eigenvalue weighted by Crippen LogP contribution is -2.44. The van der Waals surface area contributed by atoms with Crippen molar-refractivity contribution in [3.05, 3.63) is 56.6 Å². The predicted molar refractivity (Wildman–Crippen MR) is 90.8 cm³/mol. The van der Waals surface area contributed by atoms with Crippen LogP contribution in [0.5, 0.6) is 0 Å². The van der Waals surface area contributed by atoms with Gasteiger partial charge in [0.05, 0.1) is 11.0 Å². The third-order valence-corrected chi connectivity index (χ3v) is 5.43. The summed E-state index contributed by atoms with van der Waals surface area (Å²) in [6.45, 7) is 0.834. The molecular formula is C18H16BrFN2O2. The van der Waals surface area contributed by atoms with Crippen molar-refractivity contribution >= 4 is 27.5 Å². The van der Waals surface area contributed by atoms with Gasteiger partial charge in [-0.1, -0.05) is 6.07 Å². The molecule has 0 bridgehead atoms. The monoisotopic (exact) mass is 390 g/mol. The van der Waals surface area contributed by atoms with E-state index in [0.29, 0.717) is 28.6 Å². The Kier molecular flexibility index (Phi) is 3.89. The largest absolute Gasteiger partial charge is 0.360 e. The molecule has 3 aliphatic rings. The zero-order chi connectivity index (χ0) is 16.8. The first-order valence-electron chi connectivity index (χ1n) is 8.01. The maximum absolute atomic E-state index is 13.7. The molecule has 1 aromatic rings. The molecule has 2 N–H and O–H groups in total. The van der Waals surface area contributed by atoms with Crippen LogP contribution >= 0.6 is 15.9 Å². The molecule has 124 valence electrons. The average Bonchev–Trinajstić information content (AvgIpc) is 2.56. The zero-order valence-electron chi connectivity index (χ0n) is 12.9. The number of nitrogens with one attached hydrogen (secondary N) is 2. The first-order valence-corrected chi connectivity index (χ1v) is 8.80. The van der Waals surface area contributed by atoms with E-state index in [1.807, 2.05) is 0 Å². The molecular weight excluding hydrogens is 375 g/mol.